The highest BCUT2D eigenvalue weighted by Gasteiger charge is 2.45. The van der Waals surface area contributed by atoms with Crippen molar-refractivity contribution >= 4 is 43.6 Å². The number of aromatic nitrogens is 2. The first kappa shape index (κ1) is 18.9. The van der Waals surface area contributed by atoms with E-state index in [2.05, 4.69) is 17.1 Å². The van der Waals surface area contributed by atoms with Crippen molar-refractivity contribution in [3.8, 4) is 0 Å². The number of hydrogen-bond acceptors (Lipinski definition) is 6. The average Bonchev–Trinajstić information content (AvgIpc) is 3.34. The van der Waals surface area contributed by atoms with Gasteiger partial charge in [0, 0.05) is 6.20 Å². The van der Waals surface area contributed by atoms with Gasteiger partial charge in [-0.05, 0) is 55.3 Å². The van der Waals surface area contributed by atoms with Crippen LogP contribution in [0, 0.1) is 13.8 Å². The minimum Gasteiger partial charge on any atom is -0.450 e. The summed E-state index contributed by atoms with van der Waals surface area (Å²) in [5.41, 5.74) is 4.09. The van der Waals surface area contributed by atoms with Crippen LogP contribution in [0.25, 0.3) is 21.2 Å². The van der Waals surface area contributed by atoms with Crippen LogP contribution < -0.4 is 10.3 Å². The van der Waals surface area contributed by atoms with Crippen molar-refractivity contribution in [2.24, 2.45) is 0 Å². The zero-order valence-corrected chi connectivity index (χ0v) is 18.1. The number of aryl methyl sites for hydroxylation is 2. The second-order valence-electron chi connectivity index (χ2n) is 7.93. The van der Waals surface area contributed by atoms with Gasteiger partial charge >= 0.3 is 0 Å². The zero-order chi connectivity index (χ0) is 22.0. The molecule has 32 heavy (non-hydrogen) atoms. The number of pyridine rings is 1. The first-order chi connectivity index (χ1) is 15.5. The summed E-state index contributed by atoms with van der Waals surface area (Å²) in [7, 11) is 0. The van der Waals surface area contributed by atoms with Gasteiger partial charge in [0.15, 0.2) is 10.6 Å². The van der Waals surface area contributed by atoms with Crippen molar-refractivity contribution in [2.45, 2.75) is 19.9 Å². The van der Waals surface area contributed by atoms with E-state index >= 15 is 0 Å². The number of fused-ring (bicyclic) bond motifs is 3. The number of thiazole rings is 1. The summed E-state index contributed by atoms with van der Waals surface area (Å²) >= 11 is 1.43. The zero-order valence-electron chi connectivity index (χ0n) is 17.3. The SMILES string of the molecule is Cc1cc(C)c2nc(N3C(=O)c4oc5ccccc5c(=O)c4[C@@H]3c3ccccn3)sc2c1. The summed E-state index contributed by atoms with van der Waals surface area (Å²) in [4.78, 5) is 38.0. The van der Waals surface area contributed by atoms with E-state index in [1.165, 1.54) is 11.3 Å². The molecule has 4 heterocycles. The second kappa shape index (κ2) is 6.83. The lowest BCUT2D eigenvalue weighted by Gasteiger charge is -2.21. The first-order valence-electron chi connectivity index (χ1n) is 10.2. The summed E-state index contributed by atoms with van der Waals surface area (Å²) in [6.45, 7) is 4.04. The number of carbonyl (C=O) groups is 1. The molecule has 1 aliphatic heterocycles. The summed E-state index contributed by atoms with van der Waals surface area (Å²) in [6, 6.07) is 15.9. The number of amides is 1. The number of benzene rings is 2. The fourth-order valence-electron chi connectivity index (χ4n) is 4.40. The highest BCUT2D eigenvalue weighted by molar-refractivity contribution is 7.22. The van der Waals surface area contributed by atoms with Crippen LogP contribution in [-0.4, -0.2) is 15.9 Å². The van der Waals surface area contributed by atoms with Crippen molar-refractivity contribution in [3.05, 3.63) is 99.2 Å². The van der Waals surface area contributed by atoms with Gasteiger partial charge in [-0.1, -0.05) is 35.6 Å². The molecule has 1 atom stereocenters. The lowest BCUT2D eigenvalue weighted by molar-refractivity contribution is 0.0970. The van der Waals surface area contributed by atoms with E-state index in [-0.39, 0.29) is 17.1 Å². The molecule has 2 aromatic carbocycles. The van der Waals surface area contributed by atoms with Gasteiger partial charge in [-0.15, -0.1) is 0 Å². The predicted octanol–water partition coefficient (Wildman–Crippen LogP) is 5.16. The van der Waals surface area contributed by atoms with Crippen molar-refractivity contribution in [1.29, 1.82) is 0 Å². The third-order valence-corrected chi connectivity index (χ3v) is 6.77. The monoisotopic (exact) mass is 439 g/mol. The molecule has 0 bridgehead atoms. The molecule has 0 N–H and O–H groups in total. The second-order valence-corrected chi connectivity index (χ2v) is 8.94. The Labute approximate surface area is 186 Å². The van der Waals surface area contributed by atoms with Crippen LogP contribution in [0.1, 0.15) is 39.0 Å². The molecule has 0 aliphatic carbocycles. The Morgan fingerprint density at radius 2 is 1.84 bits per heavy atom. The van der Waals surface area contributed by atoms with Gasteiger partial charge in [0.05, 0.1) is 26.9 Å². The molecule has 0 radical (unpaired) electrons. The number of rotatable bonds is 2. The molecule has 0 unspecified atom stereocenters. The highest BCUT2D eigenvalue weighted by atomic mass is 32.1. The Bertz CT molecular complexity index is 1600. The number of anilines is 1. The maximum atomic E-state index is 13.6. The number of carbonyl (C=O) groups excluding carboxylic acids is 1. The minimum absolute atomic E-state index is 0.0523. The molecule has 3 aromatic heterocycles. The van der Waals surface area contributed by atoms with Gasteiger partial charge < -0.3 is 4.42 Å². The van der Waals surface area contributed by atoms with Crippen LogP contribution in [-0.2, 0) is 0 Å². The van der Waals surface area contributed by atoms with Crippen LogP contribution in [0.5, 0.6) is 0 Å². The predicted molar refractivity (Wildman–Crippen MR) is 124 cm³/mol. The van der Waals surface area contributed by atoms with Crippen LogP contribution in [0.2, 0.25) is 0 Å². The summed E-state index contributed by atoms with van der Waals surface area (Å²) in [6.07, 6.45) is 1.66. The number of hydrogen-bond donors (Lipinski definition) is 0. The van der Waals surface area contributed by atoms with E-state index in [4.69, 9.17) is 9.40 Å². The van der Waals surface area contributed by atoms with Gasteiger partial charge in [0.2, 0.25) is 5.76 Å². The molecule has 7 heteroatoms. The van der Waals surface area contributed by atoms with Crippen LogP contribution in [0.15, 0.2) is 70.0 Å². The smallest absolute Gasteiger partial charge is 0.297 e. The summed E-state index contributed by atoms with van der Waals surface area (Å²) in [5.74, 6) is -0.330. The summed E-state index contributed by atoms with van der Waals surface area (Å²) < 4.78 is 6.97. The van der Waals surface area contributed by atoms with Crippen molar-refractivity contribution in [2.75, 3.05) is 4.90 Å². The average molecular weight is 439 g/mol. The van der Waals surface area contributed by atoms with Crippen LogP contribution >= 0.6 is 11.3 Å². The third-order valence-electron chi connectivity index (χ3n) is 5.77. The van der Waals surface area contributed by atoms with E-state index in [0.29, 0.717) is 27.4 Å². The van der Waals surface area contributed by atoms with Gasteiger partial charge in [-0.25, -0.2) is 4.98 Å². The first-order valence-corrected chi connectivity index (χ1v) is 11.0. The molecule has 6 nitrogen and oxygen atoms in total. The maximum absolute atomic E-state index is 13.6. The summed E-state index contributed by atoms with van der Waals surface area (Å²) in [5, 5.41) is 0.960. The van der Waals surface area contributed by atoms with Gasteiger partial charge in [-0.2, -0.15) is 0 Å². The maximum Gasteiger partial charge on any atom is 0.297 e. The van der Waals surface area contributed by atoms with Crippen molar-refractivity contribution < 1.29 is 9.21 Å². The molecule has 1 aliphatic rings. The quantitative estimate of drug-likeness (QED) is 0.380. The molecule has 6 rings (SSSR count). The Kier molecular flexibility index (Phi) is 4.03. The van der Waals surface area contributed by atoms with E-state index in [1.807, 2.05) is 26.0 Å². The lowest BCUT2D eigenvalue weighted by Crippen LogP contribution is -2.29. The Hall–Kier alpha value is -3.84. The largest absolute Gasteiger partial charge is 0.450 e. The van der Waals surface area contributed by atoms with Crippen molar-refractivity contribution in [1.82, 2.24) is 9.97 Å². The van der Waals surface area contributed by atoms with E-state index in [9.17, 15) is 9.59 Å². The van der Waals surface area contributed by atoms with Crippen LogP contribution in [0.4, 0.5) is 5.13 Å². The molecule has 0 spiro atoms. The molecular formula is C25H17N3O3S. The van der Waals surface area contributed by atoms with Gasteiger partial charge in [0.25, 0.3) is 5.91 Å². The van der Waals surface area contributed by atoms with E-state index in [1.54, 1.807) is 41.4 Å². The molecule has 0 fully saturated rings. The normalized spacial score (nSPS) is 15.6. The minimum atomic E-state index is -0.707. The molecule has 0 saturated heterocycles. The van der Waals surface area contributed by atoms with E-state index in [0.717, 1.165) is 21.3 Å². The standard InChI is InChI=1S/C25H17N3O3S/c1-13-11-14(2)20-18(12-13)32-25(27-20)28-21(16-8-5-6-10-26-16)19-22(29)15-7-3-4-9-17(15)31-23(19)24(28)30/h3-12,21H,1-2H3/t21-/m0/s1. The molecule has 1 amide bonds. The molecule has 156 valence electrons. The highest BCUT2D eigenvalue weighted by Crippen LogP contribution is 2.43. The van der Waals surface area contributed by atoms with Crippen molar-refractivity contribution in [3.63, 3.8) is 0 Å². The lowest BCUT2D eigenvalue weighted by atomic mass is 10.0. The topological polar surface area (TPSA) is 76.3 Å². The Morgan fingerprint density at radius 3 is 2.66 bits per heavy atom. The van der Waals surface area contributed by atoms with Crippen LogP contribution in [0.3, 0.4) is 0 Å². The number of nitrogens with zero attached hydrogens (tertiary/aromatic N) is 3. The fourth-order valence-corrected chi connectivity index (χ4v) is 5.56. The Balaban J connectivity index is 1.65. The molecule has 0 saturated carbocycles. The fraction of sp³-hybridized carbons (Fsp3) is 0.120. The van der Waals surface area contributed by atoms with Gasteiger partial charge in [0.1, 0.15) is 11.6 Å². The molecular weight excluding hydrogens is 422 g/mol. The Morgan fingerprint density at radius 1 is 1.03 bits per heavy atom. The number of para-hydroxylation sites is 1. The third kappa shape index (κ3) is 2.64. The molecule has 5 aromatic rings. The van der Waals surface area contributed by atoms with E-state index < -0.39 is 6.04 Å². The van der Waals surface area contributed by atoms with Gasteiger partial charge in [-0.3, -0.25) is 19.5 Å².